The van der Waals surface area contributed by atoms with Crippen molar-refractivity contribution in [1.82, 2.24) is 4.90 Å². The smallest absolute Gasteiger partial charge is 0.317 e. The maximum atomic E-state index is 13.8. The molecule has 0 saturated carbocycles. The normalized spacial score (nSPS) is 19.0. The van der Waals surface area contributed by atoms with Crippen molar-refractivity contribution >= 4 is 58.0 Å². The first-order chi connectivity index (χ1) is 22.2. The zero-order valence-electron chi connectivity index (χ0n) is 26.2. The van der Waals surface area contributed by atoms with Gasteiger partial charge in [-0.1, -0.05) is 36.7 Å². The van der Waals surface area contributed by atoms with E-state index in [2.05, 4.69) is 18.1 Å². The molecule has 2 aromatic rings. The highest BCUT2D eigenvalue weighted by atomic mass is 35.5. The molecule has 1 atom stereocenters. The third-order valence-electron chi connectivity index (χ3n) is 8.39. The average Bonchev–Trinajstić information content (AvgIpc) is 3.56. The number of hydrogen-bond acceptors (Lipinski definition) is 8. The van der Waals surface area contributed by atoms with Crippen LogP contribution in [-0.4, -0.2) is 94.2 Å². The van der Waals surface area contributed by atoms with Crippen LogP contribution in [0.2, 0.25) is 5.02 Å². The Hall–Kier alpha value is -4.19. The summed E-state index contributed by atoms with van der Waals surface area (Å²) in [4.78, 5) is 62.1. The van der Waals surface area contributed by atoms with Gasteiger partial charge < -0.3 is 24.2 Å². The molecule has 3 heterocycles. The van der Waals surface area contributed by atoms with Crippen molar-refractivity contribution in [2.75, 3.05) is 85.2 Å². The number of benzene rings is 2. The van der Waals surface area contributed by atoms with Crippen LogP contribution in [0, 0.1) is 5.92 Å². The van der Waals surface area contributed by atoms with Gasteiger partial charge in [-0.25, -0.2) is 0 Å². The molecule has 12 heteroatoms. The summed E-state index contributed by atoms with van der Waals surface area (Å²) in [6.07, 6.45) is 4.55. The predicted octanol–water partition coefficient (Wildman–Crippen LogP) is 3.90. The molecule has 0 radical (unpaired) electrons. The number of amides is 3. The van der Waals surface area contributed by atoms with Crippen LogP contribution in [0.15, 0.2) is 61.7 Å². The standard InChI is InChI=1S/C34H40ClN5O6/c1-4-13-37(14-5-2)26-11-10-25(35)20-29(26)40-18-17-39(33(43)34(40)44)28-9-7-8-27(32(28)46-31(42)6-3)38-16-15-36(22-30(38)41)21-24-12-19-45-23-24/h4-5,7-11,20,24H,1-2,6,12-19,21-23H2,3H3/t24-/m0/s1. The number of halogens is 1. The van der Waals surface area contributed by atoms with Crippen molar-refractivity contribution in [3.63, 3.8) is 0 Å². The van der Waals surface area contributed by atoms with Crippen molar-refractivity contribution in [3.05, 3.63) is 66.7 Å². The zero-order valence-corrected chi connectivity index (χ0v) is 26.9. The van der Waals surface area contributed by atoms with Gasteiger partial charge in [0, 0.05) is 63.9 Å². The summed E-state index contributed by atoms with van der Waals surface area (Å²) in [5.74, 6) is -1.72. The second kappa shape index (κ2) is 14.9. The van der Waals surface area contributed by atoms with E-state index in [4.69, 9.17) is 21.1 Å². The molecule has 0 N–H and O–H groups in total. The Morgan fingerprint density at radius 2 is 1.63 bits per heavy atom. The van der Waals surface area contributed by atoms with E-state index >= 15 is 0 Å². The van der Waals surface area contributed by atoms with Crippen molar-refractivity contribution in [2.45, 2.75) is 19.8 Å². The van der Waals surface area contributed by atoms with E-state index in [0.29, 0.717) is 60.8 Å². The van der Waals surface area contributed by atoms with Gasteiger partial charge >= 0.3 is 17.8 Å². The quantitative estimate of drug-likeness (QED) is 0.148. The van der Waals surface area contributed by atoms with Crippen LogP contribution in [-0.2, 0) is 23.9 Å². The first-order valence-corrected chi connectivity index (χ1v) is 16.0. The van der Waals surface area contributed by atoms with Gasteiger partial charge in [-0.2, -0.15) is 0 Å². The van der Waals surface area contributed by atoms with Gasteiger partial charge in [-0.3, -0.25) is 29.0 Å². The molecule has 5 rings (SSSR count). The number of carbonyl (C=O) groups is 4. The number of carbonyl (C=O) groups excluding carboxylic acids is 4. The molecule has 46 heavy (non-hydrogen) atoms. The molecule has 3 amide bonds. The summed E-state index contributed by atoms with van der Waals surface area (Å²) in [6, 6.07) is 10.2. The molecule has 11 nitrogen and oxygen atoms in total. The molecular formula is C34H40ClN5O6. The summed E-state index contributed by atoms with van der Waals surface area (Å²) in [6.45, 7) is 14.1. The number of esters is 1. The minimum atomic E-state index is -0.794. The fourth-order valence-corrected chi connectivity index (χ4v) is 6.28. The molecule has 0 spiro atoms. The molecule has 0 aliphatic carbocycles. The number of rotatable bonds is 12. The number of anilines is 4. The molecule has 2 aromatic carbocycles. The first kappa shape index (κ1) is 33.2. The van der Waals surface area contributed by atoms with Crippen molar-refractivity contribution in [3.8, 4) is 5.75 Å². The Bertz CT molecular complexity index is 1500. The molecule has 0 bridgehead atoms. The lowest BCUT2D eigenvalue weighted by atomic mass is 10.1. The highest BCUT2D eigenvalue weighted by Crippen LogP contribution is 2.41. The molecule has 0 unspecified atom stereocenters. The molecule has 244 valence electrons. The van der Waals surface area contributed by atoms with E-state index in [9.17, 15) is 19.2 Å². The molecule has 3 aliphatic rings. The average molecular weight is 650 g/mol. The molecule has 3 saturated heterocycles. The molecule has 3 aliphatic heterocycles. The Morgan fingerprint density at radius 3 is 2.24 bits per heavy atom. The van der Waals surface area contributed by atoms with Crippen molar-refractivity contribution < 1.29 is 28.7 Å². The molecule has 3 fully saturated rings. The Morgan fingerprint density at radius 1 is 0.978 bits per heavy atom. The topological polar surface area (TPSA) is 103 Å². The van der Waals surface area contributed by atoms with E-state index in [1.165, 1.54) is 9.80 Å². The maximum Gasteiger partial charge on any atom is 0.317 e. The lowest BCUT2D eigenvalue weighted by molar-refractivity contribution is -0.137. The Kier molecular flexibility index (Phi) is 10.8. The van der Waals surface area contributed by atoms with Crippen LogP contribution in [0.25, 0.3) is 0 Å². The molecular weight excluding hydrogens is 610 g/mol. The van der Waals surface area contributed by atoms with Crippen LogP contribution in [0.4, 0.5) is 22.7 Å². The maximum absolute atomic E-state index is 13.8. The van der Waals surface area contributed by atoms with Crippen LogP contribution in [0.3, 0.4) is 0 Å². The van der Waals surface area contributed by atoms with Crippen LogP contribution in [0.5, 0.6) is 5.75 Å². The van der Waals surface area contributed by atoms with Gasteiger partial charge in [0.25, 0.3) is 0 Å². The van der Waals surface area contributed by atoms with Crippen molar-refractivity contribution in [2.24, 2.45) is 5.92 Å². The van der Waals surface area contributed by atoms with Gasteiger partial charge in [-0.15, -0.1) is 13.2 Å². The monoisotopic (exact) mass is 649 g/mol. The number of ether oxygens (including phenoxy) is 2. The highest BCUT2D eigenvalue weighted by Gasteiger charge is 2.39. The Balaban J connectivity index is 1.42. The van der Waals surface area contributed by atoms with Crippen LogP contribution < -0.4 is 24.3 Å². The van der Waals surface area contributed by atoms with Crippen molar-refractivity contribution in [1.29, 1.82) is 0 Å². The fraction of sp³-hybridized carbons (Fsp3) is 0.412. The van der Waals surface area contributed by atoms with Gasteiger partial charge in [0.1, 0.15) is 0 Å². The fourth-order valence-electron chi connectivity index (χ4n) is 6.11. The van der Waals surface area contributed by atoms with Gasteiger partial charge in [0.15, 0.2) is 5.75 Å². The van der Waals surface area contributed by atoms with Gasteiger partial charge in [-0.05, 0) is 42.7 Å². The number of nitrogens with zero attached hydrogens (tertiary/aromatic N) is 5. The second-order valence-electron chi connectivity index (χ2n) is 11.5. The van der Waals surface area contributed by atoms with E-state index in [0.717, 1.165) is 19.6 Å². The van der Waals surface area contributed by atoms with E-state index < -0.39 is 17.8 Å². The number of piperazine rings is 2. The summed E-state index contributed by atoms with van der Waals surface area (Å²) < 4.78 is 11.3. The zero-order chi connectivity index (χ0) is 32.8. The second-order valence-corrected chi connectivity index (χ2v) is 11.9. The Labute approximate surface area is 274 Å². The third-order valence-corrected chi connectivity index (χ3v) is 8.62. The predicted molar refractivity (Wildman–Crippen MR) is 179 cm³/mol. The van der Waals surface area contributed by atoms with Crippen LogP contribution >= 0.6 is 11.6 Å². The summed E-state index contributed by atoms with van der Waals surface area (Å²) >= 11 is 6.36. The van der Waals surface area contributed by atoms with E-state index in [1.54, 1.807) is 60.4 Å². The van der Waals surface area contributed by atoms with E-state index in [-0.39, 0.29) is 43.4 Å². The van der Waals surface area contributed by atoms with Gasteiger partial charge in [0.2, 0.25) is 5.91 Å². The minimum absolute atomic E-state index is 0.0847. The lowest BCUT2D eigenvalue weighted by Gasteiger charge is -2.38. The largest absolute Gasteiger partial charge is 0.422 e. The highest BCUT2D eigenvalue weighted by molar-refractivity contribution is 6.46. The third kappa shape index (κ3) is 7.11. The summed E-state index contributed by atoms with van der Waals surface area (Å²) in [5, 5.41) is 0.418. The summed E-state index contributed by atoms with van der Waals surface area (Å²) in [7, 11) is 0. The summed E-state index contributed by atoms with van der Waals surface area (Å²) in [5.41, 5.74) is 1.84. The molecule has 0 aromatic heterocycles. The lowest BCUT2D eigenvalue weighted by Crippen LogP contribution is -2.55. The minimum Gasteiger partial charge on any atom is -0.422 e. The first-order valence-electron chi connectivity index (χ1n) is 15.6. The van der Waals surface area contributed by atoms with Crippen LogP contribution in [0.1, 0.15) is 19.8 Å². The SMILES string of the molecule is C=CCN(CC=C)c1ccc(Cl)cc1N1CCN(c2cccc(N3CCN(C[C@@H]4CCOC4)CC3=O)c2OC(=O)CC)C(=O)C1=O. The number of para-hydroxylation sites is 1. The number of hydrogen-bond donors (Lipinski definition) is 0. The van der Waals surface area contributed by atoms with E-state index in [1.807, 2.05) is 4.90 Å². The van der Waals surface area contributed by atoms with Gasteiger partial charge in [0.05, 0.1) is 35.9 Å².